The summed E-state index contributed by atoms with van der Waals surface area (Å²) in [5, 5.41) is 13.8. The molecule has 0 unspecified atom stereocenters. The van der Waals surface area contributed by atoms with Crippen LogP contribution in [0.25, 0.3) is 5.52 Å². The highest BCUT2D eigenvalue weighted by atomic mass is 79.9. The van der Waals surface area contributed by atoms with E-state index in [1.165, 1.54) is 4.52 Å². The molecule has 0 aliphatic carbocycles. The van der Waals surface area contributed by atoms with Gasteiger partial charge in [0.05, 0.1) is 0 Å². The van der Waals surface area contributed by atoms with E-state index in [9.17, 15) is 5.11 Å². The van der Waals surface area contributed by atoms with Gasteiger partial charge in [0.25, 0.3) is 0 Å². The van der Waals surface area contributed by atoms with E-state index in [2.05, 4.69) is 21.0 Å². The van der Waals surface area contributed by atoms with Gasteiger partial charge in [0.15, 0.2) is 0 Å². The normalized spacial score (nSPS) is 10.8. The van der Waals surface area contributed by atoms with E-state index in [0.717, 1.165) is 0 Å². The molecule has 2 aromatic rings. The molecule has 0 amide bonds. The quantitative estimate of drug-likeness (QED) is 0.776. The van der Waals surface area contributed by atoms with Crippen molar-refractivity contribution < 1.29 is 5.11 Å². The summed E-state index contributed by atoms with van der Waals surface area (Å²) in [6.07, 6.45) is 1.71. The minimum Gasteiger partial charge on any atom is -0.506 e. The smallest absolute Gasteiger partial charge is 0.147 e. The van der Waals surface area contributed by atoms with Crippen LogP contribution in [-0.2, 0) is 0 Å². The maximum absolute atomic E-state index is 9.40. The molecule has 0 aliphatic rings. The molecule has 3 nitrogen and oxygen atoms in total. The molecule has 0 aromatic carbocycles. The van der Waals surface area contributed by atoms with E-state index >= 15 is 0 Å². The van der Waals surface area contributed by atoms with Crippen LogP contribution in [-0.4, -0.2) is 14.7 Å². The largest absolute Gasteiger partial charge is 0.506 e. The summed E-state index contributed by atoms with van der Waals surface area (Å²) in [5.74, 6) is 0.126. The fourth-order valence-corrected chi connectivity index (χ4v) is 1.60. The average Bonchev–Trinajstić information content (AvgIpc) is 2.29. The van der Waals surface area contributed by atoms with Crippen LogP contribution in [0.3, 0.4) is 0 Å². The maximum Gasteiger partial charge on any atom is 0.147 e. The van der Waals surface area contributed by atoms with E-state index in [1.807, 2.05) is 0 Å². The Morgan fingerprint density at radius 1 is 1.58 bits per heavy atom. The summed E-state index contributed by atoms with van der Waals surface area (Å²) in [6.45, 7) is 0. The van der Waals surface area contributed by atoms with Crippen molar-refractivity contribution in [3.8, 4) is 5.75 Å². The van der Waals surface area contributed by atoms with Crippen LogP contribution < -0.4 is 0 Å². The topological polar surface area (TPSA) is 37.5 Å². The fourth-order valence-electron chi connectivity index (χ4n) is 1.02. The molecule has 62 valence electrons. The third-order valence-corrected chi connectivity index (χ3v) is 2.68. The van der Waals surface area contributed by atoms with Crippen molar-refractivity contribution in [3.05, 3.63) is 28.0 Å². The van der Waals surface area contributed by atoms with E-state index < -0.39 is 0 Å². The molecule has 5 heteroatoms. The van der Waals surface area contributed by atoms with Crippen LogP contribution in [0.4, 0.5) is 0 Å². The predicted octanol–water partition coefficient (Wildman–Crippen LogP) is 2.46. The Balaban J connectivity index is 2.97. The Bertz CT molecular complexity index is 440. The average molecular weight is 247 g/mol. The monoisotopic (exact) mass is 246 g/mol. The van der Waals surface area contributed by atoms with Crippen molar-refractivity contribution in [2.75, 3.05) is 0 Å². The second-order valence-corrected chi connectivity index (χ2v) is 3.42. The van der Waals surface area contributed by atoms with Crippen molar-refractivity contribution in [3.63, 3.8) is 0 Å². The Labute approximate surface area is 81.7 Å². The zero-order valence-electron chi connectivity index (χ0n) is 5.83. The van der Waals surface area contributed by atoms with E-state index in [0.29, 0.717) is 15.1 Å². The summed E-state index contributed by atoms with van der Waals surface area (Å²) in [4.78, 5) is 0. The second-order valence-electron chi connectivity index (χ2n) is 2.29. The molecule has 2 aromatic heterocycles. The number of fused-ring (bicyclic) bond motifs is 1. The van der Waals surface area contributed by atoms with Gasteiger partial charge in [-0.05, 0) is 28.1 Å². The summed E-state index contributed by atoms with van der Waals surface area (Å²) in [7, 11) is 0. The number of nitrogens with zero attached hydrogens (tertiary/aromatic N) is 2. The van der Waals surface area contributed by atoms with Crippen molar-refractivity contribution in [2.24, 2.45) is 0 Å². The van der Waals surface area contributed by atoms with Crippen molar-refractivity contribution in [2.45, 2.75) is 0 Å². The molecule has 2 heterocycles. The van der Waals surface area contributed by atoms with Gasteiger partial charge in [0.2, 0.25) is 0 Å². The van der Waals surface area contributed by atoms with Crippen LogP contribution in [0.15, 0.2) is 22.9 Å². The number of halogens is 2. The van der Waals surface area contributed by atoms with Crippen molar-refractivity contribution >= 4 is 33.0 Å². The molecule has 0 saturated carbocycles. The lowest BCUT2D eigenvalue weighted by Gasteiger charge is -1.94. The first-order valence-corrected chi connectivity index (χ1v) is 4.38. The highest BCUT2D eigenvalue weighted by molar-refractivity contribution is 9.10. The summed E-state index contributed by atoms with van der Waals surface area (Å²) >= 11 is 9.02. The number of hydrogen-bond acceptors (Lipinski definition) is 2. The molecule has 0 aliphatic heterocycles. The summed E-state index contributed by atoms with van der Waals surface area (Å²) in [6, 6.07) is 3.26. The number of rotatable bonds is 0. The zero-order chi connectivity index (χ0) is 8.72. The molecular formula is C7H4BrClN2O. The minimum absolute atomic E-state index is 0.126. The molecule has 2 rings (SSSR count). The Hall–Kier alpha value is -0.740. The molecule has 0 radical (unpaired) electrons. The first-order chi connectivity index (χ1) is 5.70. The maximum atomic E-state index is 9.40. The number of aromatic nitrogens is 2. The van der Waals surface area contributed by atoms with Crippen LogP contribution in [0, 0.1) is 0 Å². The SMILES string of the molecule is Oc1cccn2nc(Br)c(Cl)c12. The van der Waals surface area contributed by atoms with E-state index in [1.54, 1.807) is 18.3 Å². The first-order valence-electron chi connectivity index (χ1n) is 3.21. The lowest BCUT2D eigenvalue weighted by atomic mass is 10.4. The van der Waals surface area contributed by atoms with Crippen molar-refractivity contribution in [1.82, 2.24) is 9.61 Å². The Kier molecular flexibility index (Phi) is 1.73. The minimum atomic E-state index is 0.126. The van der Waals surface area contributed by atoms with Gasteiger partial charge in [-0.1, -0.05) is 11.6 Å². The molecule has 0 atom stereocenters. The first kappa shape index (κ1) is 7.89. The van der Waals surface area contributed by atoms with Gasteiger partial charge >= 0.3 is 0 Å². The second kappa shape index (κ2) is 2.64. The predicted molar refractivity (Wildman–Crippen MR) is 49.6 cm³/mol. The molecule has 12 heavy (non-hydrogen) atoms. The number of aromatic hydroxyl groups is 1. The third kappa shape index (κ3) is 0.990. The number of hydrogen-bond donors (Lipinski definition) is 1. The van der Waals surface area contributed by atoms with E-state index in [4.69, 9.17) is 11.6 Å². The van der Waals surface area contributed by atoms with Crippen LogP contribution in [0.1, 0.15) is 0 Å². The van der Waals surface area contributed by atoms with Gasteiger partial charge in [0.1, 0.15) is 20.9 Å². The molecule has 0 saturated heterocycles. The third-order valence-electron chi connectivity index (χ3n) is 1.54. The highest BCUT2D eigenvalue weighted by Gasteiger charge is 2.10. The highest BCUT2D eigenvalue weighted by Crippen LogP contribution is 2.31. The molecule has 1 N–H and O–H groups in total. The summed E-state index contributed by atoms with van der Waals surface area (Å²) in [5.41, 5.74) is 0.519. The van der Waals surface area contributed by atoms with Crippen LogP contribution in [0.5, 0.6) is 5.75 Å². The molecular weight excluding hydrogens is 243 g/mol. The summed E-state index contributed by atoms with van der Waals surface area (Å²) < 4.78 is 2.05. The standard InChI is InChI=1S/C7H4BrClN2O/c8-7-5(9)6-4(12)2-1-3-11(6)10-7/h1-3,12H. The molecule has 0 spiro atoms. The Morgan fingerprint density at radius 3 is 3.00 bits per heavy atom. The van der Waals surface area contributed by atoms with E-state index in [-0.39, 0.29) is 5.75 Å². The molecule has 0 bridgehead atoms. The van der Waals surface area contributed by atoms with Gasteiger partial charge in [-0.2, -0.15) is 5.10 Å². The fraction of sp³-hybridized carbons (Fsp3) is 0. The molecule has 0 fully saturated rings. The lowest BCUT2D eigenvalue weighted by molar-refractivity contribution is 0.478. The van der Waals surface area contributed by atoms with Gasteiger partial charge in [-0.15, -0.1) is 0 Å². The van der Waals surface area contributed by atoms with Gasteiger partial charge < -0.3 is 5.11 Å². The van der Waals surface area contributed by atoms with Crippen LogP contribution in [0.2, 0.25) is 5.02 Å². The van der Waals surface area contributed by atoms with Gasteiger partial charge in [-0.25, -0.2) is 4.52 Å². The van der Waals surface area contributed by atoms with Gasteiger partial charge in [-0.3, -0.25) is 0 Å². The Morgan fingerprint density at radius 2 is 2.33 bits per heavy atom. The van der Waals surface area contributed by atoms with Crippen LogP contribution >= 0.6 is 27.5 Å². The number of pyridine rings is 1. The lowest BCUT2D eigenvalue weighted by Crippen LogP contribution is -1.84. The zero-order valence-corrected chi connectivity index (χ0v) is 8.17. The van der Waals surface area contributed by atoms with Crippen molar-refractivity contribution in [1.29, 1.82) is 0 Å². The van der Waals surface area contributed by atoms with Gasteiger partial charge in [0, 0.05) is 6.20 Å².